The van der Waals surface area contributed by atoms with Gasteiger partial charge in [0.1, 0.15) is 17.9 Å². The van der Waals surface area contributed by atoms with Crippen LogP contribution in [-0.4, -0.2) is 75.1 Å². The molecule has 13 heteroatoms. The van der Waals surface area contributed by atoms with Crippen LogP contribution in [0, 0.1) is 0 Å². The summed E-state index contributed by atoms with van der Waals surface area (Å²) in [5.74, 6) is 2.24. The van der Waals surface area contributed by atoms with Crippen LogP contribution in [0.1, 0.15) is 104 Å². The van der Waals surface area contributed by atoms with Gasteiger partial charge in [-0.15, -0.1) is 0 Å². The molecule has 3 aromatic rings. The Morgan fingerprint density at radius 1 is 1.02 bits per heavy atom. The molecule has 2 fully saturated rings. The number of amides is 1. The number of nitrogens with one attached hydrogen (secondary N) is 2. The number of pyridine rings is 1. The first-order valence-corrected chi connectivity index (χ1v) is 19.3. The zero-order valence-electron chi connectivity index (χ0n) is 28.1. The Labute approximate surface area is 282 Å². The third kappa shape index (κ3) is 8.01. The van der Waals surface area contributed by atoms with Gasteiger partial charge in [0, 0.05) is 42.7 Å². The number of carbonyl (C=O) groups excluding carboxylic acids is 1. The van der Waals surface area contributed by atoms with Crippen molar-refractivity contribution in [3.63, 3.8) is 0 Å². The Morgan fingerprint density at radius 3 is 2.48 bits per heavy atom. The molecule has 0 radical (unpaired) electrons. The Morgan fingerprint density at radius 2 is 1.75 bits per heavy atom. The molecule has 0 atom stereocenters. The van der Waals surface area contributed by atoms with Crippen molar-refractivity contribution >= 4 is 32.7 Å². The average Bonchev–Trinajstić information content (AvgIpc) is 3.43. The third-order valence-corrected chi connectivity index (χ3v) is 10.4. The van der Waals surface area contributed by atoms with Gasteiger partial charge in [-0.25, -0.2) is 18.1 Å². The van der Waals surface area contributed by atoms with Gasteiger partial charge in [-0.05, 0) is 49.8 Å². The number of hydrogen-bond donors (Lipinski definition) is 2. The van der Waals surface area contributed by atoms with Gasteiger partial charge < -0.3 is 19.5 Å². The first-order valence-electron chi connectivity index (χ1n) is 17.4. The van der Waals surface area contributed by atoms with Gasteiger partial charge in [0.2, 0.25) is 15.6 Å². The maximum Gasteiger partial charge on any atom is 0.282 e. The third-order valence-electron chi connectivity index (χ3n) is 9.69. The standard InChI is InChI=1S/C35H48N6O6S/c1-45-32-30-28(23-27(24-11-6-3-4-7-12-24)31(32)47-22-21-46-20-18-38-48(2,43)44)33-37-17-19-41(33)35(39-30)40-34(42)26-15-10-16-36-29(26)25-13-8-5-9-14-25/h10,15-16,23-25,37-38H,3-9,11-14,17-22H2,1-2H3. The summed E-state index contributed by atoms with van der Waals surface area (Å²) in [5.41, 5.74) is 3.36. The molecule has 48 heavy (non-hydrogen) atoms. The molecule has 1 aliphatic heterocycles. The van der Waals surface area contributed by atoms with Crippen molar-refractivity contribution in [1.82, 2.24) is 19.3 Å². The SMILES string of the molecule is COc1c(OCCOCCNS(C)(=O)=O)c(C2CCCCCC2)cc2c3n(c(=NC(=O)c4cccnc4C4CCCCC4)nc12)CCN3. The Hall–Kier alpha value is -3.55. The van der Waals surface area contributed by atoms with E-state index in [1.807, 2.05) is 10.6 Å². The van der Waals surface area contributed by atoms with E-state index in [0.717, 1.165) is 80.1 Å². The molecule has 0 spiro atoms. The highest BCUT2D eigenvalue weighted by atomic mass is 32.2. The Kier molecular flexibility index (Phi) is 11.3. The number of rotatable bonds is 12. The maximum atomic E-state index is 13.8. The molecule has 12 nitrogen and oxygen atoms in total. The van der Waals surface area contributed by atoms with E-state index in [1.54, 1.807) is 19.4 Å². The number of sulfonamides is 1. The summed E-state index contributed by atoms with van der Waals surface area (Å²) in [6, 6.07) is 5.82. The first-order chi connectivity index (χ1) is 23.3. The lowest BCUT2D eigenvalue weighted by atomic mass is 9.85. The fraction of sp³-hybridized carbons (Fsp3) is 0.600. The molecule has 2 N–H and O–H groups in total. The summed E-state index contributed by atoms with van der Waals surface area (Å²) in [6.45, 7) is 2.28. The number of carbonyl (C=O) groups is 1. The van der Waals surface area contributed by atoms with Crippen LogP contribution in [-0.2, 0) is 21.3 Å². The van der Waals surface area contributed by atoms with Crippen LogP contribution in [0.15, 0.2) is 29.4 Å². The smallest absolute Gasteiger partial charge is 0.282 e. The van der Waals surface area contributed by atoms with E-state index in [4.69, 9.17) is 19.2 Å². The monoisotopic (exact) mass is 680 g/mol. The fourth-order valence-corrected chi connectivity index (χ4v) is 7.86. The van der Waals surface area contributed by atoms with Crippen LogP contribution in [0.25, 0.3) is 10.9 Å². The van der Waals surface area contributed by atoms with Crippen molar-refractivity contribution < 1.29 is 27.4 Å². The van der Waals surface area contributed by atoms with Crippen LogP contribution in [0.2, 0.25) is 0 Å². The second-order valence-electron chi connectivity index (χ2n) is 13.1. The van der Waals surface area contributed by atoms with E-state index < -0.39 is 10.0 Å². The zero-order valence-corrected chi connectivity index (χ0v) is 28.9. The number of anilines is 1. The lowest BCUT2D eigenvalue weighted by Crippen LogP contribution is -2.26. The molecule has 0 unspecified atom stereocenters. The molecule has 2 aromatic heterocycles. The number of methoxy groups -OCH3 is 1. The predicted octanol–water partition coefficient (Wildman–Crippen LogP) is 5.04. The molecular weight excluding hydrogens is 632 g/mol. The minimum absolute atomic E-state index is 0.192. The molecular formula is C35H48N6O6S. The summed E-state index contributed by atoms with van der Waals surface area (Å²) in [7, 11) is -1.65. The van der Waals surface area contributed by atoms with Crippen molar-refractivity contribution in [2.24, 2.45) is 4.99 Å². The lowest BCUT2D eigenvalue weighted by molar-refractivity contribution is 0.0994. The van der Waals surface area contributed by atoms with E-state index in [9.17, 15) is 13.2 Å². The van der Waals surface area contributed by atoms with Gasteiger partial charge >= 0.3 is 0 Å². The van der Waals surface area contributed by atoms with Gasteiger partial charge in [-0.1, -0.05) is 44.9 Å². The predicted molar refractivity (Wildman–Crippen MR) is 184 cm³/mol. The van der Waals surface area contributed by atoms with Crippen molar-refractivity contribution in [3.05, 3.63) is 46.8 Å². The zero-order chi connectivity index (χ0) is 33.5. The summed E-state index contributed by atoms with van der Waals surface area (Å²) in [4.78, 5) is 28.1. The molecule has 1 aromatic carbocycles. The summed E-state index contributed by atoms with van der Waals surface area (Å²) >= 11 is 0. The van der Waals surface area contributed by atoms with Crippen molar-refractivity contribution in [2.45, 2.75) is 89.0 Å². The van der Waals surface area contributed by atoms with E-state index in [0.29, 0.717) is 47.2 Å². The second-order valence-corrected chi connectivity index (χ2v) is 14.9. The number of ether oxygens (including phenoxy) is 3. The Bertz CT molecular complexity index is 1780. The summed E-state index contributed by atoms with van der Waals surface area (Å²) < 4.78 is 45.3. The highest BCUT2D eigenvalue weighted by Crippen LogP contribution is 2.46. The largest absolute Gasteiger partial charge is 0.491 e. The van der Waals surface area contributed by atoms with Gasteiger partial charge in [-0.2, -0.15) is 4.99 Å². The quantitative estimate of drug-likeness (QED) is 0.199. The van der Waals surface area contributed by atoms with Crippen molar-refractivity contribution in [3.8, 4) is 11.5 Å². The maximum absolute atomic E-state index is 13.8. The number of aromatic nitrogens is 3. The van der Waals surface area contributed by atoms with Crippen LogP contribution >= 0.6 is 0 Å². The van der Waals surface area contributed by atoms with Crippen LogP contribution < -0.4 is 25.1 Å². The number of hydrogen-bond acceptors (Lipinski definition) is 9. The van der Waals surface area contributed by atoms with Gasteiger partial charge in [0.05, 0.1) is 37.8 Å². The average molecular weight is 681 g/mol. The minimum Gasteiger partial charge on any atom is -0.491 e. The number of nitrogens with zero attached hydrogens (tertiary/aromatic N) is 4. The molecule has 0 saturated heterocycles. The van der Waals surface area contributed by atoms with Gasteiger partial charge in [0.15, 0.2) is 11.5 Å². The van der Waals surface area contributed by atoms with Crippen LogP contribution in [0.5, 0.6) is 11.5 Å². The lowest BCUT2D eigenvalue weighted by Gasteiger charge is -2.23. The highest BCUT2D eigenvalue weighted by Gasteiger charge is 2.28. The first kappa shape index (κ1) is 34.3. The van der Waals surface area contributed by atoms with Crippen LogP contribution in [0.4, 0.5) is 5.82 Å². The molecule has 0 bridgehead atoms. The molecule has 260 valence electrons. The summed E-state index contributed by atoms with van der Waals surface area (Å²) in [6.07, 6.45) is 15.3. The van der Waals surface area contributed by atoms with Gasteiger partial charge in [0.25, 0.3) is 5.91 Å². The molecule has 3 heterocycles. The minimum atomic E-state index is -3.27. The molecule has 3 aliphatic rings. The summed E-state index contributed by atoms with van der Waals surface area (Å²) in [5, 5.41) is 4.44. The second kappa shape index (κ2) is 15.8. The van der Waals surface area contributed by atoms with Crippen LogP contribution in [0.3, 0.4) is 0 Å². The van der Waals surface area contributed by atoms with E-state index in [2.05, 4.69) is 26.1 Å². The number of benzene rings is 1. The normalized spacial score (nSPS) is 18.0. The highest BCUT2D eigenvalue weighted by molar-refractivity contribution is 7.88. The number of fused-ring (bicyclic) bond motifs is 3. The Balaban J connectivity index is 1.38. The van der Waals surface area contributed by atoms with E-state index in [1.165, 1.54) is 19.3 Å². The van der Waals surface area contributed by atoms with Gasteiger partial charge in [-0.3, -0.25) is 14.3 Å². The van der Waals surface area contributed by atoms with E-state index >= 15 is 0 Å². The fourth-order valence-electron chi connectivity index (χ4n) is 7.41. The molecule has 2 aliphatic carbocycles. The van der Waals surface area contributed by atoms with Crippen molar-refractivity contribution in [2.75, 3.05) is 51.6 Å². The van der Waals surface area contributed by atoms with E-state index in [-0.39, 0.29) is 38.2 Å². The topological polar surface area (TPSA) is 146 Å². The molecule has 2 saturated carbocycles. The van der Waals surface area contributed by atoms with Crippen molar-refractivity contribution in [1.29, 1.82) is 0 Å². The molecule has 1 amide bonds. The molecule has 6 rings (SSSR count).